The Morgan fingerprint density at radius 3 is 2.53 bits per heavy atom. The summed E-state index contributed by atoms with van der Waals surface area (Å²) in [5.74, 6) is 0.282. The molecule has 0 aliphatic carbocycles. The summed E-state index contributed by atoms with van der Waals surface area (Å²) in [7, 11) is -1.87. The molecule has 10 heteroatoms. The molecule has 0 radical (unpaired) electrons. The molecule has 5 rings (SSSR count). The van der Waals surface area contributed by atoms with E-state index < -0.39 is 21.4 Å². The average Bonchev–Trinajstić information content (AvgIpc) is 3.14. The van der Waals surface area contributed by atoms with Crippen molar-refractivity contribution in [2.24, 2.45) is 12.5 Å². The van der Waals surface area contributed by atoms with E-state index in [0.29, 0.717) is 6.54 Å². The van der Waals surface area contributed by atoms with E-state index in [1.165, 1.54) is 18.2 Å². The fourth-order valence-corrected chi connectivity index (χ4v) is 7.81. The van der Waals surface area contributed by atoms with Gasteiger partial charge in [0.15, 0.2) is 0 Å². The fraction of sp³-hybridized carbons (Fsp3) is 0.500. The second-order valence-electron chi connectivity index (χ2n) is 11.5. The molecule has 2 aromatic carbocycles. The smallest absolute Gasteiger partial charge is 0.243 e. The molecule has 0 atom stereocenters. The number of piperidine rings is 2. The number of fused-ring (bicyclic) bond motifs is 1. The third-order valence-corrected chi connectivity index (χ3v) is 10.5. The van der Waals surface area contributed by atoms with E-state index in [4.69, 9.17) is 0 Å². The number of hydrogen-bond acceptors (Lipinski definition) is 5. The van der Waals surface area contributed by atoms with Crippen LogP contribution in [0.15, 0.2) is 47.4 Å². The number of halogens is 1. The molecule has 8 nitrogen and oxygen atoms in total. The predicted octanol–water partition coefficient (Wildman–Crippen LogP) is 4.30. The number of nitrogens with zero attached hydrogens (tertiary/aromatic N) is 4. The van der Waals surface area contributed by atoms with Crippen LogP contribution in [-0.2, 0) is 21.9 Å². The number of nitrogens with one attached hydrogen (secondary N) is 1. The van der Waals surface area contributed by atoms with Crippen LogP contribution in [0.2, 0.25) is 0 Å². The second kappa shape index (κ2) is 9.73. The number of benzene rings is 2. The zero-order chi connectivity index (χ0) is 27.3. The summed E-state index contributed by atoms with van der Waals surface area (Å²) in [6.45, 7) is 7.97. The lowest BCUT2D eigenvalue weighted by molar-refractivity contribution is -0.118. The van der Waals surface area contributed by atoms with Gasteiger partial charge in [0.05, 0.1) is 22.5 Å². The van der Waals surface area contributed by atoms with Gasteiger partial charge < -0.3 is 9.88 Å². The van der Waals surface area contributed by atoms with Crippen molar-refractivity contribution >= 4 is 32.7 Å². The number of aryl methyl sites for hydroxylation is 2. The van der Waals surface area contributed by atoms with Crippen LogP contribution in [0.25, 0.3) is 11.0 Å². The third kappa shape index (κ3) is 5.09. The van der Waals surface area contributed by atoms with Gasteiger partial charge in [-0.1, -0.05) is 6.07 Å². The number of likely N-dealkylation sites (tertiary alicyclic amines) is 1. The van der Waals surface area contributed by atoms with Crippen LogP contribution in [-0.4, -0.2) is 64.8 Å². The molecule has 1 N–H and O–H groups in total. The van der Waals surface area contributed by atoms with Crippen molar-refractivity contribution in [1.29, 1.82) is 0 Å². The van der Waals surface area contributed by atoms with E-state index in [1.807, 2.05) is 50.6 Å². The van der Waals surface area contributed by atoms with E-state index in [2.05, 4.69) is 15.2 Å². The zero-order valence-corrected chi connectivity index (χ0v) is 23.3. The number of rotatable bonds is 5. The number of anilines is 1. The molecule has 3 heterocycles. The van der Waals surface area contributed by atoms with Gasteiger partial charge in [0.1, 0.15) is 11.6 Å². The van der Waals surface area contributed by atoms with Crippen molar-refractivity contribution in [2.75, 3.05) is 31.5 Å². The maximum absolute atomic E-state index is 13.9. The predicted molar refractivity (Wildman–Crippen MR) is 146 cm³/mol. The van der Waals surface area contributed by atoms with Gasteiger partial charge in [-0.15, -0.1) is 0 Å². The number of aromatic nitrogens is 2. The number of hydrogen-bond donors (Lipinski definition) is 1. The molecule has 2 fully saturated rings. The van der Waals surface area contributed by atoms with Crippen LogP contribution in [0.3, 0.4) is 0 Å². The van der Waals surface area contributed by atoms with Crippen LogP contribution >= 0.6 is 0 Å². The molecule has 2 saturated heterocycles. The van der Waals surface area contributed by atoms with Gasteiger partial charge in [-0.25, -0.2) is 17.8 Å². The number of sulfonamides is 1. The Bertz CT molecular complexity index is 1470. The first kappa shape index (κ1) is 26.8. The average molecular weight is 542 g/mol. The van der Waals surface area contributed by atoms with Crippen LogP contribution in [0, 0.1) is 18.2 Å². The van der Waals surface area contributed by atoms with Gasteiger partial charge in [0.25, 0.3) is 0 Å². The standard InChI is InChI=1S/C28H36FN5O3S/c1-20-30-24-17-22(8-9-25(24)32(20)4)31-26(35)18-33-14-12-28(13-15-33)11-10-27(2,3)34(19-28)38(36,37)23-7-5-6-21(29)16-23/h5-9,16-17H,10-15,18-19H2,1-4H3,(H,31,35). The van der Waals surface area contributed by atoms with Crippen LogP contribution < -0.4 is 5.32 Å². The van der Waals surface area contributed by atoms with Crippen molar-refractivity contribution in [3.63, 3.8) is 0 Å². The highest BCUT2D eigenvalue weighted by Gasteiger charge is 2.49. The topological polar surface area (TPSA) is 87.5 Å². The van der Waals surface area contributed by atoms with Crippen molar-refractivity contribution in [3.05, 3.63) is 54.1 Å². The van der Waals surface area contributed by atoms with Crippen LogP contribution in [0.4, 0.5) is 10.1 Å². The Morgan fingerprint density at radius 1 is 1.08 bits per heavy atom. The number of carbonyl (C=O) groups excluding carboxylic acids is 1. The first-order chi connectivity index (χ1) is 17.9. The molecule has 38 heavy (non-hydrogen) atoms. The molecule has 0 unspecified atom stereocenters. The SMILES string of the molecule is Cc1nc2cc(NC(=O)CN3CCC4(CC3)CCC(C)(C)N(S(=O)(=O)c3cccc(F)c3)C4)ccc2n1C. The maximum Gasteiger partial charge on any atom is 0.243 e. The minimum Gasteiger partial charge on any atom is -0.331 e. The summed E-state index contributed by atoms with van der Waals surface area (Å²) >= 11 is 0. The van der Waals surface area contributed by atoms with Crippen LogP contribution in [0.1, 0.15) is 45.4 Å². The Morgan fingerprint density at radius 2 is 1.82 bits per heavy atom. The van der Waals surface area contributed by atoms with Gasteiger partial charge in [-0.2, -0.15) is 4.31 Å². The second-order valence-corrected chi connectivity index (χ2v) is 13.4. The highest BCUT2D eigenvalue weighted by Crippen LogP contribution is 2.46. The largest absolute Gasteiger partial charge is 0.331 e. The van der Waals surface area contributed by atoms with Crippen LogP contribution in [0.5, 0.6) is 0 Å². The normalized spacial score (nSPS) is 20.1. The first-order valence-corrected chi connectivity index (χ1v) is 14.6. The third-order valence-electron chi connectivity index (χ3n) is 8.48. The summed E-state index contributed by atoms with van der Waals surface area (Å²) in [5.41, 5.74) is 1.89. The van der Waals surface area contributed by atoms with Crippen molar-refractivity contribution in [3.8, 4) is 0 Å². The van der Waals surface area contributed by atoms with E-state index >= 15 is 0 Å². The molecular formula is C28H36FN5O3S. The molecule has 0 bridgehead atoms. The Hall–Kier alpha value is -2.82. The zero-order valence-electron chi connectivity index (χ0n) is 22.5. The highest BCUT2D eigenvalue weighted by atomic mass is 32.2. The summed E-state index contributed by atoms with van der Waals surface area (Å²) in [5, 5.41) is 2.99. The maximum atomic E-state index is 13.9. The Kier molecular flexibility index (Phi) is 6.86. The number of amides is 1. The molecule has 1 aromatic heterocycles. The van der Waals surface area contributed by atoms with Crippen molar-refractivity contribution in [2.45, 2.75) is 56.9 Å². The van der Waals surface area contributed by atoms with Gasteiger partial charge >= 0.3 is 0 Å². The lowest BCUT2D eigenvalue weighted by Gasteiger charge is -2.53. The number of imidazole rings is 1. The summed E-state index contributed by atoms with van der Waals surface area (Å²) in [6, 6.07) is 11.0. The molecule has 1 amide bonds. The Balaban J connectivity index is 1.22. The van der Waals surface area contributed by atoms with Gasteiger partial charge in [0, 0.05) is 24.8 Å². The Labute approximate surface area is 223 Å². The summed E-state index contributed by atoms with van der Waals surface area (Å²) < 4.78 is 44.6. The molecule has 2 aliphatic rings. The molecule has 2 aliphatic heterocycles. The molecule has 204 valence electrons. The number of carbonyl (C=O) groups is 1. The highest BCUT2D eigenvalue weighted by molar-refractivity contribution is 7.89. The lowest BCUT2D eigenvalue weighted by atomic mass is 9.69. The van der Waals surface area contributed by atoms with E-state index in [0.717, 1.165) is 67.4 Å². The van der Waals surface area contributed by atoms with Gasteiger partial charge in [-0.3, -0.25) is 9.69 Å². The monoisotopic (exact) mass is 541 g/mol. The molecule has 3 aromatic rings. The lowest BCUT2D eigenvalue weighted by Crippen LogP contribution is -2.59. The van der Waals surface area contributed by atoms with Crippen molar-refractivity contribution in [1.82, 2.24) is 18.8 Å². The van der Waals surface area contributed by atoms with E-state index in [-0.39, 0.29) is 22.8 Å². The van der Waals surface area contributed by atoms with E-state index in [1.54, 1.807) is 4.31 Å². The fourth-order valence-electron chi connectivity index (χ4n) is 5.85. The molecular weight excluding hydrogens is 505 g/mol. The minimum atomic E-state index is -3.84. The summed E-state index contributed by atoms with van der Waals surface area (Å²) in [4.78, 5) is 19.5. The van der Waals surface area contributed by atoms with Gasteiger partial charge in [0.2, 0.25) is 15.9 Å². The van der Waals surface area contributed by atoms with E-state index in [9.17, 15) is 17.6 Å². The van der Waals surface area contributed by atoms with Crippen molar-refractivity contribution < 1.29 is 17.6 Å². The first-order valence-electron chi connectivity index (χ1n) is 13.1. The molecule has 0 saturated carbocycles. The quantitative estimate of drug-likeness (QED) is 0.520. The van der Waals surface area contributed by atoms with Gasteiger partial charge in [-0.05, 0) is 101 Å². The minimum absolute atomic E-state index is 0.00390. The molecule has 1 spiro atoms. The summed E-state index contributed by atoms with van der Waals surface area (Å²) in [6.07, 6.45) is 3.28.